The van der Waals surface area contributed by atoms with E-state index in [0.29, 0.717) is 17.4 Å². The first-order valence-corrected chi connectivity index (χ1v) is 9.43. The van der Waals surface area contributed by atoms with Crippen LogP contribution in [0, 0.1) is 17.6 Å². The summed E-state index contributed by atoms with van der Waals surface area (Å²) in [5.41, 5.74) is 2.94. The van der Waals surface area contributed by atoms with Crippen LogP contribution in [0.5, 0.6) is 0 Å². The number of hydrogen-bond acceptors (Lipinski definition) is 3. The lowest BCUT2D eigenvalue weighted by atomic mass is 9.95. The molecule has 1 amide bonds. The van der Waals surface area contributed by atoms with Crippen molar-refractivity contribution in [3.63, 3.8) is 0 Å². The van der Waals surface area contributed by atoms with E-state index < -0.39 is 23.3 Å². The number of fused-ring (bicyclic) bond motifs is 3. The molecular weight excluding hydrogens is 362 g/mol. The Morgan fingerprint density at radius 3 is 2.39 bits per heavy atom. The topological polar surface area (TPSA) is 64.2 Å². The fraction of sp³-hybridized carbons (Fsp3) is 0.409. The van der Waals surface area contributed by atoms with E-state index in [4.69, 9.17) is 0 Å². The molecule has 2 atom stereocenters. The summed E-state index contributed by atoms with van der Waals surface area (Å²) in [4.78, 5) is 9.79. The summed E-state index contributed by atoms with van der Waals surface area (Å²) in [6.45, 7) is 7.32. The van der Waals surface area contributed by atoms with Gasteiger partial charge in [0.2, 0.25) is 0 Å². The van der Waals surface area contributed by atoms with Crippen LogP contribution in [0.25, 0.3) is 11.1 Å². The standard InChI is InChI=1S/C17H15F2N.C5H11NO2/c18-15-2-1-3-16(19)17(15)10-4-5-13-11(6-10)7-12-8-20-9-14(12)13;1-5(2,3)6-4(7)8/h1-6,12,14,20H,7-9H2;6H,1-3H3,(H,7,8)/p-1. The van der Waals surface area contributed by atoms with Crippen LogP contribution in [0.15, 0.2) is 36.4 Å². The second-order valence-electron chi connectivity index (χ2n) is 8.40. The summed E-state index contributed by atoms with van der Waals surface area (Å²) in [5.74, 6) is 0.227. The first-order chi connectivity index (χ1) is 13.2. The van der Waals surface area contributed by atoms with Crippen molar-refractivity contribution in [2.75, 3.05) is 13.1 Å². The van der Waals surface area contributed by atoms with Gasteiger partial charge in [0.1, 0.15) is 17.7 Å². The molecule has 1 aliphatic carbocycles. The highest BCUT2D eigenvalue weighted by atomic mass is 19.1. The molecule has 2 unspecified atom stereocenters. The first-order valence-electron chi connectivity index (χ1n) is 9.43. The van der Waals surface area contributed by atoms with E-state index in [1.54, 1.807) is 20.8 Å². The molecule has 1 aliphatic heterocycles. The molecule has 2 aromatic rings. The summed E-state index contributed by atoms with van der Waals surface area (Å²) in [5, 5.41) is 15.4. The van der Waals surface area contributed by atoms with Crippen molar-refractivity contribution in [1.29, 1.82) is 0 Å². The van der Waals surface area contributed by atoms with Gasteiger partial charge in [-0.3, -0.25) is 0 Å². The zero-order valence-corrected chi connectivity index (χ0v) is 16.3. The third kappa shape index (κ3) is 4.50. The van der Waals surface area contributed by atoms with Crippen molar-refractivity contribution in [2.45, 2.75) is 38.6 Å². The number of rotatable bonds is 1. The van der Waals surface area contributed by atoms with E-state index in [0.717, 1.165) is 19.5 Å². The van der Waals surface area contributed by atoms with Crippen molar-refractivity contribution in [1.82, 2.24) is 10.6 Å². The molecule has 150 valence electrons. The minimum absolute atomic E-state index is 0.0884. The normalized spacial score (nSPS) is 20.0. The molecule has 0 saturated carbocycles. The SMILES string of the molecule is CC(C)(C)NC(=O)[O-].Fc1cccc(F)c1-c1ccc2c(c1)CC1CNCC21. The van der Waals surface area contributed by atoms with E-state index in [1.165, 1.54) is 29.3 Å². The van der Waals surface area contributed by atoms with Crippen LogP contribution in [0.3, 0.4) is 0 Å². The van der Waals surface area contributed by atoms with Crippen molar-refractivity contribution < 1.29 is 18.7 Å². The molecule has 0 radical (unpaired) electrons. The van der Waals surface area contributed by atoms with Gasteiger partial charge in [0.05, 0.1) is 5.56 Å². The molecule has 1 saturated heterocycles. The Kier molecular flexibility index (Phi) is 5.70. The number of carbonyl (C=O) groups excluding carboxylic acids is 1. The van der Waals surface area contributed by atoms with Crippen LogP contribution in [0.1, 0.15) is 37.8 Å². The maximum Gasteiger partial charge on any atom is 0.134 e. The quantitative estimate of drug-likeness (QED) is 0.790. The summed E-state index contributed by atoms with van der Waals surface area (Å²) >= 11 is 0. The Labute approximate surface area is 164 Å². The monoisotopic (exact) mass is 387 g/mol. The van der Waals surface area contributed by atoms with Gasteiger partial charge in [0.25, 0.3) is 0 Å². The number of carbonyl (C=O) groups is 1. The van der Waals surface area contributed by atoms with Gasteiger partial charge < -0.3 is 20.5 Å². The predicted molar refractivity (Wildman–Crippen MR) is 103 cm³/mol. The third-order valence-corrected chi connectivity index (χ3v) is 5.09. The molecule has 1 fully saturated rings. The molecule has 28 heavy (non-hydrogen) atoms. The molecule has 1 heterocycles. The van der Waals surface area contributed by atoms with Gasteiger partial charge in [0, 0.05) is 18.0 Å². The number of benzene rings is 2. The molecule has 6 heteroatoms. The summed E-state index contributed by atoms with van der Waals surface area (Å²) < 4.78 is 27.7. The average Bonchev–Trinajstić information content (AvgIpc) is 3.13. The zero-order chi connectivity index (χ0) is 20.5. The number of hydrogen-bond donors (Lipinski definition) is 2. The second-order valence-corrected chi connectivity index (χ2v) is 8.40. The number of halogens is 2. The maximum absolute atomic E-state index is 13.9. The Bertz CT molecular complexity index is 857. The van der Waals surface area contributed by atoms with Gasteiger partial charge in [-0.05, 0) is 68.5 Å². The number of nitrogens with one attached hydrogen (secondary N) is 2. The Balaban J connectivity index is 0.000000242. The van der Waals surface area contributed by atoms with E-state index in [9.17, 15) is 18.7 Å². The molecular formula is C22H25F2N2O2-. The molecule has 0 bridgehead atoms. The number of amides is 1. The minimum atomic E-state index is -1.22. The molecule has 4 nitrogen and oxygen atoms in total. The molecule has 4 rings (SSSR count). The van der Waals surface area contributed by atoms with Crippen LogP contribution >= 0.6 is 0 Å². The van der Waals surface area contributed by atoms with Crippen molar-refractivity contribution in [3.05, 3.63) is 59.2 Å². The molecule has 0 aromatic heterocycles. The Hall–Kier alpha value is -2.47. The van der Waals surface area contributed by atoms with Gasteiger partial charge in [-0.15, -0.1) is 0 Å². The van der Waals surface area contributed by atoms with Gasteiger partial charge in [-0.25, -0.2) is 8.78 Å². The third-order valence-electron chi connectivity index (χ3n) is 5.09. The lowest BCUT2D eigenvalue weighted by molar-refractivity contribution is -0.252. The molecule has 2 N–H and O–H groups in total. The summed E-state index contributed by atoms with van der Waals surface area (Å²) in [6, 6.07) is 9.89. The van der Waals surface area contributed by atoms with E-state index in [-0.39, 0.29) is 5.56 Å². The van der Waals surface area contributed by atoms with Gasteiger partial charge in [-0.1, -0.05) is 24.3 Å². The van der Waals surface area contributed by atoms with Crippen LogP contribution < -0.4 is 15.7 Å². The van der Waals surface area contributed by atoms with Crippen molar-refractivity contribution in [3.8, 4) is 11.1 Å². The van der Waals surface area contributed by atoms with Gasteiger partial charge in [0.15, 0.2) is 0 Å². The van der Waals surface area contributed by atoms with Gasteiger partial charge >= 0.3 is 0 Å². The van der Waals surface area contributed by atoms with Crippen LogP contribution in [-0.4, -0.2) is 24.7 Å². The van der Waals surface area contributed by atoms with Crippen LogP contribution in [0.2, 0.25) is 0 Å². The van der Waals surface area contributed by atoms with Crippen molar-refractivity contribution >= 4 is 6.09 Å². The summed E-state index contributed by atoms with van der Waals surface area (Å²) in [6.07, 6.45) is -0.214. The van der Waals surface area contributed by atoms with E-state index in [2.05, 4.69) is 10.6 Å². The highest BCUT2D eigenvalue weighted by Crippen LogP contribution is 2.41. The van der Waals surface area contributed by atoms with E-state index in [1.807, 2.05) is 18.2 Å². The minimum Gasteiger partial charge on any atom is -0.530 e. The maximum atomic E-state index is 13.9. The fourth-order valence-corrected chi connectivity index (χ4v) is 3.97. The first kappa shape index (κ1) is 20.3. The van der Waals surface area contributed by atoms with Crippen LogP contribution in [-0.2, 0) is 6.42 Å². The molecule has 2 aromatic carbocycles. The highest BCUT2D eigenvalue weighted by Gasteiger charge is 2.35. The lowest BCUT2D eigenvalue weighted by Gasteiger charge is -2.21. The largest absolute Gasteiger partial charge is 0.530 e. The lowest BCUT2D eigenvalue weighted by Crippen LogP contribution is -2.47. The number of carboxylic acid groups (broad SMARTS) is 1. The Morgan fingerprint density at radius 1 is 1.14 bits per heavy atom. The van der Waals surface area contributed by atoms with Crippen molar-refractivity contribution in [2.24, 2.45) is 5.92 Å². The van der Waals surface area contributed by atoms with Crippen LogP contribution in [0.4, 0.5) is 13.6 Å². The average molecular weight is 387 g/mol. The zero-order valence-electron chi connectivity index (χ0n) is 16.3. The highest BCUT2D eigenvalue weighted by molar-refractivity contribution is 5.67. The fourth-order valence-electron chi connectivity index (χ4n) is 3.97. The predicted octanol–water partition coefficient (Wildman–Crippen LogP) is 3.21. The molecule has 2 aliphatic rings. The Morgan fingerprint density at radius 2 is 1.82 bits per heavy atom. The van der Waals surface area contributed by atoms with E-state index >= 15 is 0 Å². The second kappa shape index (κ2) is 7.87. The summed E-state index contributed by atoms with van der Waals surface area (Å²) in [7, 11) is 0. The molecule has 0 spiro atoms. The van der Waals surface area contributed by atoms with Gasteiger partial charge in [-0.2, -0.15) is 0 Å². The smallest absolute Gasteiger partial charge is 0.134 e.